The monoisotopic (exact) mass is 174 g/mol. The second-order valence-corrected chi connectivity index (χ2v) is 1.95. The van der Waals surface area contributed by atoms with Crippen molar-refractivity contribution in [2.24, 2.45) is 7.05 Å². The normalized spacial score (nSPS) is 9.83. The summed E-state index contributed by atoms with van der Waals surface area (Å²) in [6, 6.07) is 0. The van der Waals surface area contributed by atoms with E-state index in [0.29, 0.717) is 0 Å². The van der Waals surface area contributed by atoms with Gasteiger partial charge in [0.05, 0.1) is 7.11 Å². The Bertz CT molecular complexity index is 319. The van der Waals surface area contributed by atoms with E-state index in [1.165, 1.54) is 14.2 Å². The van der Waals surface area contributed by atoms with Crippen LogP contribution < -0.4 is 9.58 Å². The molecule has 0 amide bonds. The maximum atomic E-state index is 10.9. The van der Waals surface area contributed by atoms with E-state index in [9.17, 15) is 15.3 Å². The summed E-state index contributed by atoms with van der Waals surface area (Å²) in [6.07, 6.45) is 0. The first-order valence-corrected chi connectivity index (χ1v) is 2.93. The first-order chi connectivity index (χ1) is 5.57. The fraction of sp³-hybridized carbons (Fsp3) is 0.500. The molecule has 0 bridgehead atoms. The number of hydrogen-bond acceptors (Lipinski definition) is 5. The number of aromatic nitrogens is 3. The van der Waals surface area contributed by atoms with Crippen molar-refractivity contribution in [1.29, 1.82) is 0 Å². The van der Waals surface area contributed by atoms with Crippen molar-refractivity contribution < 1.29 is 14.5 Å². The predicted octanol–water partition coefficient (Wildman–Crippen LogP) is -1.03. The third-order valence-corrected chi connectivity index (χ3v) is 1.24. The third-order valence-electron chi connectivity index (χ3n) is 1.24. The summed E-state index contributed by atoms with van der Waals surface area (Å²) in [5.74, 6) is -1.00. The molecule has 1 aromatic rings. The molecule has 0 aliphatic carbocycles. The standard InChI is InChI=1S/C4H6N4O4/c1-6-5-3(12-2)4(7(6)9)8(10)11/h1-2H3. The summed E-state index contributed by atoms with van der Waals surface area (Å²) in [7, 11) is 2.48. The molecule has 0 radical (unpaired) electrons. The smallest absolute Gasteiger partial charge is 0.516 e. The molecule has 0 aromatic carbocycles. The van der Waals surface area contributed by atoms with Crippen LogP contribution in [0, 0.1) is 15.3 Å². The summed E-state index contributed by atoms with van der Waals surface area (Å²) in [5, 5.41) is 24.6. The molecule has 0 atom stereocenters. The second-order valence-electron chi connectivity index (χ2n) is 1.95. The molecule has 0 unspecified atom stereocenters. The van der Waals surface area contributed by atoms with Gasteiger partial charge in [-0.05, 0) is 0 Å². The van der Waals surface area contributed by atoms with Crippen molar-refractivity contribution >= 4 is 5.82 Å². The Kier molecular flexibility index (Phi) is 1.81. The van der Waals surface area contributed by atoms with Crippen LogP contribution in [0.25, 0.3) is 0 Å². The number of hydrogen-bond donors (Lipinski definition) is 0. The lowest BCUT2D eigenvalue weighted by Gasteiger charge is -1.94. The fourth-order valence-corrected chi connectivity index (χ4v) is 0.716. The minimum absolute atomic E-state index is 0.0405. The Morgan fingerprint density at radius 2 is 2.33 bits per heavy atom. The van der Waals surface area contributed by atoms with Crippen LogP contribution in [0.1, 0.15) is 0 Å². The molecule has 12 heavy (non-hydrogen) atoms. The van der Waals surface area contributed by atoms with Crippen LogP contribution in [0.2, 0.25) is 0 Å². The van der Waals surface area contributed by atoms with Gasteiger partial charge in [-0.3, -0.25) is 0 Å². The highest BCUT2D eigenvalue weighted by molar-refractivity contribution is 5.25. The van der Waals surface area contributed by atoms with Crippen molar-refractivity contribution in [3.05, 3.63) is 15.3 Å². The van der Waals surface area contributed by atoms with Gasteiger partial charge < -0.3 is 20.1 Å². The van der Waals surface area contributed by atoms with Crippen molar-refractivity contribution in [2.75, 3.05) is 7.11 Å². The molecule has 0 spiro atoms. The van der Waals surface area contributed by atoms with E-state index in [1.54, 1.807) is 0 Å². The second kappa shape index (κ2) is 2.64. The van der Waals surface area contributed by atoms with Crippen LogP contribution in [-0.2, 0) is 7.05 Å². The minimum atomic E-state index is -0.848. The predicted molar refractivity (Wildman–Crippen MR) is 35.4 cm³/mol. The minimum Gasteiger partial charge on any atom is -0.655 e. The Morgan fingerprint density at radius 1 is 1.75 bits per heavy atom. The Hall–Kier alpha value is -1.86. The largest absolute Gasteiger partial charge is 0.655 e. The molecule has 0 N–H and O–H groups in total. The van der Waals surface area contributed by atoms with E-state index in [1.807, 2.05) is 0 Å². The molecule has 8 nitrogen and oxygen atoms in total. The van der Waals surface area contributed by atoms with E-state index in [0.717, 1.165) is 4.80 Å². The van der Waals surface area contributed by atoms with Crippen molar-refractivity contribution in [2.45, 2.75) is 0 Å². The lowest BCUT2D eigenvalue weighted by molar-refractivity contribution is -0.734. The average molecular weight is 174 g/mol. The first-order valence-electron chi connectivity index (χ1n) is 2.93. The summed E-state index contributed by atoms with van der Waals surface area (Å²) in [5.41, 5.74) is 0. The number of nitro groups is 1. The highest BCUT2D eigenvalue weighted by Crippen LogP contribution is 2.17. The molecular formula is C4H6N4O4. The molecule has 1 heterocycles. The van der Waals surface area contributed by atoms with Gasteiger partial charge in [-0.25, -0.2) is 0 Å². The highest BCUT2D eigenvalue weighted by atomic mass is 16.6. The fourth-order valence-electron chi connectivity index (χ4n) is 0.716. The molecule has 0 aliphatic rings. The zero-order chi connectivity index (χ0) is 9.30. The van der Waals surface area contributed by atoms with Crippen molar-refractivity contribution in [1.82, 2.24) is 9.90 Å². The molecule has 1 aromatic heterocycles. The molecule has 66 valence electrons. The third kappa shape index (κ3) is 1.02. The van der Waals surface area contributed by atoms with Crippen molar-refractivity contribution in [3.63, 3.8) is 0 Å². The molecule has 0 aliphatic heterocycles. The van der Waals surface area contributed by atoms with Crippen LogP contribution in [0.15, 0.2) is 0 Å². The van der Waals surface area contributed by atoms with Crippen LogP contribution >= 0.6 is 0 Å². The SMILES string of the molecule is COc1nn(C)[n+]([O-])c1[N+](=O)[O-]. The van der Waals surface area contributed by atoms with Gasteiger partial charge in [-0.15, -0.1) is 0 Å². The van der Waals surface area contributed by atoms with E-state index in [2.05, 4.69) is 9.84 Å². The number of aryl methyl sites for hydroxylation is 1. The number of nitrogens with zero attached hydrogens (tertiary/aromatic N) is 4. The van der Waals surface area contributed by atoms with Gasteiger partial charge in [0.25, 0.3) is 0 Å². The summed E-state index contributed by atoms with van der Waals surface area (Å²) in [6.45, 7) is 0. The summed E-state index contributed by atoms with van der Waals surface area (Å²) >= 11 is 0. The summed E-state index contributed by atoms with van der Waals surface area (Å²) < 4.78 is 4.51. The van der Waals surface area contributed by atoms with E-state index in [4.69, 9.17) is 0 Å². The number of methoxy groups -OCH3 is 1. The van der Waals surface area contributed by atoms with Crippen LogP contribution in [0.5, 0.6) is 5.88 Å². The number of rotatable bonds is 2. The highest BCUT2D eigenvalue weighted by Gasteiger charge is 2.33. The quantitative estimate of drug-likeness (QED) is 0.247. The maximum absolute atomic E-state index is 10.9. The molecule has 0 saturated heterocycles. The molecule has 0 saturated carbocycles. The Balaban J connectivity index is 3.31. The average Bonchev–Trinajstić information content (AvgIpc) is 2.28. The van der Waals surface area contributed by atoms with Gasteiger partial charge in [0.15, 0.2) is 5.10 Å². The van der Waals surface area contributed by atoms with Gasteiger partial charge >= 0.3 is 11.7 Å². The summed E-state index contributed by atoms with van der Waals surface area (Å²) in [4.78, 5) is 10.2. The molecule has 0 fully saturated rings. The van der Waals surface area contributed by atoms with Gasteiger partial charge in [0, 0.05) is 9.72 Å². The van der Waals surface area contributed by atoms with Gasteiger partial charge in [-0.1, -0.05) is 4.85 Å². The molecule has 1 rings (SSSR count). The zero-order valence-electron chi connectivity index (χ0n) is 6.42. The topological polar surface area (TPSA) is 97.1 Å². The van der Waals surface area contributed by atoms with E-state index in [-0.39, 0.29) is 10.7 Å². The maximum Gasteiger partial charge on any atom is 0.516 e. The lowest BCUT2D eigenvalue weighted by atomic mass is 10.7. The first kappa shape index (κ1) is 8.24. The van der Waals surface area contributed by atoms with E-state index >= 15 is 0 Å². The molecule has 8 heteroatoms. The zero-order valence-corrected chi connectivity index (χ0v) is 6.42. The lowest BCUT2D eigenvalue weighted by Crippen LogP contribution is -2.37. The van der Waals surface area contributed by atoms with Crippen LogP contribution in [0.4, 0.5) is 5.82 Å². The van der Waals surface area contributed by atoms with Crippen LogP contribution in [-0.4, -0.2) is 21.9 Å². The molecular weight excluding hydrogens is 168 g/mol. The van der Waals surface area contributed by atoms with Gasteiger partial charge in [0.2, 0.25) is 0 Å². The van der Waals surface area contributed by atoms with Gasteiger partial charge in [0.1, 0.15) is 7.05 Å². The van der Waals surface area contributed by atoms with Gasteiger partial charge in [-0.2, -0.15) is 0 Å². The van der Waals surface area contributed by atoms with Crippen molar-refractivity contribution in [3.8, 4) is 5.88 Å². The van der Waals surface area contributed by atoms with Crippen LogP contribution in [0.3, 0.4) is 0 Å². The van der Waals surface area contributed by atoms with E-state index < -0.39 is 10.7 Å². The Morgan fingerprint density at radius 3 is 2.67 bits per heavy atom. The number of ether oxygens (including phenoxy) is 1. The Labute approximate surface area is 66.7 Å².